The summed E-state index contributed by atoms with van der Waals surface area (Å²) in [5.41, 5.74) is 1.48. The first-order chi connectivity index (χ1) is 8.13. The van der Waals surface area contributed by atoms with Gasteiger partial charge in [-0.1, -0.05) is 6.07 Å². The summed E-state index contributed by atoms with van der Waals surface area (Å²) >= 11 is 6.73. The van der Waals surface area contributed by atoms with Crippen LogP contribution in [0.5, 0.6) is 0 Å². The largest absolute Gasteiger partial charge is 0.355 e. The van der Waals surface area contributed by atoms with E-state index >= 15 is 0 Å². The molecule has 0 spiro atoms. The first-order valence-electron chi connectivity index (χ1n) is 5.17. The zero-order chi connectivity index (χ0) is 12.4. The predicted molar refractivity (Wildman–Crippen MR) is 72.7 cm³/mol. The zero-order valence-electron chi connectivity index (χ0n) is 9.53. The molecule has 1 aliphatic rings. The molecule has 3 N–H and O–H groups in total. The predicted octanol–water partition coefficient (Wildman–Crippen LogP) is 1.29. The van der Waals surface area contributed by atoms with Crippen molar-refractivity contribution < 1.29 is 4.79 Å². The van der Waals surface area contributed by atoms with Gasteiger partial charge in [0, 0.05) is 17.6 Å². The van der Waals surface area contributed by atoms with Crippen molar-refractivity contribution in [2.24, 2.45) is 0 Å². The van der Waals surface area contributed by atoms with Crippen molar-refractivity contribution in [2.45, 2.75) is 13.0 Å². The van der Waals surface area contributed by atoms with Crippen LogP contribution in [-0.2, 0) is 4.79 Å². The van der Waals surface area contributed by atoms with Gasteiger partial charge in [0.25, 0.3) is 5.91 Å². The van der Waals surface area contributed by atoms with Gasteiger partial charge in [-0.3, -0.25) is 4.79 Å². The van der Waals surface area contributed by atoms with Gasteiger partial charge in [-0.25, -0.2) is 0 Å². The van der Waals surface area contributed by atoms with Gasteiger partial charge in [-0.05, 0) is 30.6 Å². The topological polar surface area (TPSA) is 53.2 Å². The van der Waals surface area contributed by atoms with Crippen molar-refractivity contribution in [3.63, 3.8) is 0 Å². The summed E-state index contributed by atoms with van der Waals surface area (Å²) in [6.45, 7) is 1.86. The average molecular weight is 267 g/mol. The fraction of sp³-hybridized carbons (Fsp3) is 0.273. The molecule has 0 unspecified atom stereocenters. The fourth-order valence-electron chi connectivity index (χ4n) is 1.80. The molecule has 4 nitrogen and oxygen atoms in total. The minimum Gasteiger partial charge on any atom is -0.355 e. The lowest BCUT2D eigenvalue weighted by Gasteiger charge is -2.29. The van der Waals surface area contributed by atoms with E-state index in [4.69, 9.17) is 12.2 Å². The minimum absolute atomic E-state index is 0.0941. The molecular weight excluding hydrogens is 254 g/mol. The highest BCUT2D eigenvalue weighted by atomic mass is 32.1. The molecule has 1 amide bonds. The molecule has 90 valence electrons. The molecular formula is C11H13N3OS2. The monoisotopic (exact) mass is 267 g/mol. The number of hydrogen-bond acceptors (Lipinski definition) is 3. The SMILES string of the molecule is CNC(=O)C1=C(C)NC(=S)N[C@@H]1c1cccs1. The van der Waals surface area contributed by atoms with Crippen LogP contribution in [0.4, 0.5) is 0 Å². The molecule has 17 heavy (non-hydrogen) atoms. The molecule has 1 aromatic heterocycles. The summed E-state index contributed by atoms with van der Waals surface area (Å²) in [6.07, 6.45) is 0. The Hall–Kier alpha value is -1.40. The number of allylic oxidation sites excluding steroid dienone is 1. The molecule has 1 atom stereocenters. The minimum atomic E-state index is -0.163. The van der Waals surface area contributed by atoms with Crippen molar-refractivity contribution in [1.29, 1.82) is 0 Å². The van der Waals surface area contributed by atoms with Gasteiger partial charge >= 0.3 is 0 Å². The van der Waals surface area contributed by atoms with E-state index in [2.05, 4.69) is 16.0 Å². The first-order valence-corrected chi connectivity index (χ1v) is 6.46. The summed E-state index contributed by atoms with van der Waals surface area (Å²) in [5, 5.41) is 11.3. The van der Waals surface area contributed by atoms with E-state index in [0.29, 0.717) is 10.7 Å². The van der Waals surface area contributed by atoms with Gasteiger partial charge in [0.05, 0.1) is 11.6 Å². The van der Waals surface area contributed by atoms with Gasteiger partial charge < -0.3 is 16.0 Å². The first kappa shape index (κ1) is 12.1. The quantitative estimate of drug-likeness (QED) is 0.707. The van der Waals surface area contributed by atoms with Crippen molar-refractivity contribution in [3.8, 4) is 0 Å². The number of hydrogen-bond donors (Lipinski definition) is 3. The van der Waals surface area contributed by atoms with E-state index in [0.717, 1.165) is 10.6 Å². The third-order valence-electron chi connectivity index (χ3n) is 2.57. The molecule has 0 aliphatic carbocycles. The molecule has 2 rings (SSSR count). The Labute approximate surface area is 109 Å². The van der Waals surface area contributed by atoms with Crippen LogP contribution in [0.2, 0.25) is 0 Å². The van der Waals surface area contributed by atoms with Crippen molar-refractivity contribution in [3.05, 3.63) is 33.7 Å². The summed E-state index contributed by atoms with van der Waals surface area (Å²) < 4.78 is 0. The number of carbonyl (C=O) groups excluding carboxylic acids is 1. The van der Waals surface area contributed by atoms with E-state index in [9.17, 15) is 4.79 Å². The lowest BCUT2D eigenvalue weighted by molar-refractivity contribution is -0.117. The van der Waals surface area contributed by atoms with Crippen LogP contribution in [-0.4, -0.2) is 18.1 Å². The smallest absolute Gasteiger partial charge is 0.251 e. The van der Waals surface area contributed by atoms with Crippen LogP contribution in [0, 0.1) is 0 Å². The standard InChI is InChI=1S/C11H13N3OS2/c1-6-8(10(15)12-2)9(14-11(16)13-6)7-4-3-5-17-7/h3-5,9H,1-2H3,(H,12,15)(H2,13,14,16)/t9-/m1/s1. The van der Waals surface area contributed by atoms with Crippen LogP contribution >= 0.6 is 23.6 Å². The van der Waals surface area contributed by atoms with E-state index in [1.54, 1.807) is 18.4 Å². The second-order valence-electron chi connectivity index (χ2n) is 3.66. The summed E-state index contributed by atoms with van der Waals surface area (Å²) in [6, 6.07) is 3.79. The molecule has 0 saturated heterocycles. The highest BCUT2D eigenvalue weighted by Crippen LogP contribution is 2.29. The number of amides is 1. The van der Waals surface area contributed by atoms with Gasteiger partial charge in [0.15, 0.2) is 5.11 Å². The van der Waals surface area contributed by atoms with Gasteiger partial charge in [0.2, 0.25) is 0 Å². The van der Waals surface area contributed by atoms with Crippen molar-refractivity contribution >= 4 is 34.6 Å². The molecule has 1 aliphatic heterocycles. The van der Waals surface area contributed by atoms with Crippen molar-refractivity contribution in [2.75, 3.05) is 7.05 Å². The summed E-state index contributed by atoms with van der Waals surface area (Å²) in [7, 11) is 1.63. The van der Waals surface area contributed by atoms with E-state index in [-0.39, 0.29) is 11.9 Å². The Bertz CT molecular complexity index is 479. The number of likely N-dealkylation sites (N-methyl/N-ethyl adjacent to an activating group) is 1. The lowest BCUT2D eigenvalue weighted by Crippen LogP contribution is -2.46. The Kier molecular flexibility index (Phi) is 3.44. The van der Waals surface area contributed by atoms with Crippen LogP contribution in [0.15, 0.2) is 28.8 Å². The molecule has 0 bridgehead atoms. The Morgan fingerprint density at radius 1 is 1.59 bits per heavy atom. The molecule has 0 saturated carbocycles. The summed E-state index contributed by atoms with van der Waals surface area (Å²) in [5.74, 6) is -0.0941. The van der Waals surface area contributed by atoms with Crippen molar-refractivity contribution in [1.82, 2.24) is 16.0 Å². The normalized spacial score (nSPS) is 19.6. The van der Waals surface area contributed by atoms with E-state index in [1.165, 1.54) is 0 Å². The molecule has 6 heteroatoms. The number of rotatable bonds is 2. The van der Waals surface area contributed by atoms with Crippen LogP contribution in [0.1, 0.15) is 17.8 Å². The number of thiocarbonyl (C=S) groups is 1. The maximum Gasteiger partial charge on any atom is 0.251 e. The van der Waals surface area contributed by atoms with E-state index < -0.39 is 0 Å². The van der Waals surface area contributed by atoms with Crippen LogP contribution in [0.3, 0.4) is 0 Å². The Morgan fingerprint density at radius 2 is 2.35 bits per heavy atom. The zero-order valence-corrected chi connectivity index (χ0v) is 11.2. The average Bonchev–Trinajstić information content (AvgIpc) is 2.80. The van der Waals surface area contributed by atoms with Crippen LogP contribution in [0.25, 0.3) is 0 Å². The second-order valence-corrected chi connectivity index (χ2v) is 5.05. The van der Waals surface area contributed by atoms with Gasteiger partial charge in [-0.2, -0.15) is 0 Å². The maximum absolute atomic E-state index is 11.9. The summed E-state index contributed by atoms with van der Waals surface area (Å²) in [4.78, 5) is 13.0. The molecule has 1 aromatic rings. The van der Waals surface area contributed by atoms with Crippen LogP contribution < -0.4 is 16.0 Å². The molecule has 0 fully saturated rings. The highest BCUT2D eigenvalue weighted by molar-refractivity contribution is 7.80. The molecule has 2 heterocycles. The van der Waals surface area contributed by atoms with Gasteiger partial charge in [0.1, 0.15) is 0 Å². The second kappa shape index (κ2) is 4.85. The van der Waals surface area contributed by atoms with E-state index in [1.807, 2.05) is 24.4 Å². The Morgan fingerprint density at radius 3 is 2.94 bits per heavy atom. The lowest BCUT2D eigenvalue weighted by atomic mass is 10.0. The number of thiophene rings is 1. The fourth-order valence-corrected chi connectivity index (χ4v) is 2.85. The van der Waals surface area contributed by atoms with Gasteiger partial charge in [-0.15, -0.1) is 11.3 Å². The third kappa shape index (κ3) is 2.32. The number of carbonyl (C=O) groups is 1. The maximum atomic E-state index is 11.9. The Balaban J connectivity index is 2.44. The number of nitrogens with one attached hydrogen (secondary N) is 3. The highest BCUT2D eigenvalue weighted by Gasteiger charge is 2.29. The molecule has 0 aromatic carbocycles. The molecule has 0 radical (unpaired) electrons. The third-order valence-corrected chi connectivity index (χ3v) is 3.73.